The Balaban J connectivity index is 2.29. The molecule has 1 aliphatic carbocycles. The van der Waals surface area contributed by atoms with Crippen LogP contribution < -0.4 is 11.5 Å². The van der Waals surface area contributed by atoms with Crippen LogP contribution in [0.15, 0.2) is 30.3 Å². The molecule has 1 aromatic rings. The average Bonchev–Trinajstić information content (AvgIpc) is 2.97. The van der Waals surface area contributed by atoms with E-state index in [9.17, 15) is 4.79 Å². The molecule has 0 radical (unpaired) electrons. The highest BCUT2D eigenvalue weighted by atomic mass is 32.1. The van der Waals surface area contributed by atoms with Gasteiger partial charge in [0.2, 0.25) is 5.91 Å². The van der Waals surface area contributed by atoms with Gasteiger partial charge in [0.1, 0.15) is 0 Å². The highest BCUT2D eigenvalue weighted by Gasteiger charge is 2.31. The number of hydrogen-bond donors (Lipinski definition) is 2. The van der Waals surface area contributed by atoms with Gasteiger partial charge in [0.05, 0.1) is 11.5 Å². The van der Waals surface area contributed by atoms with E-state index < -0.39 is 0 Å². The van der Waals surface area contributed by atoms with Crippen molar-refractivity contribution in [2.45, 2.75) is 44.2 Å². The van der Waals surface area contributed by atoms with Crippen molar-refractivity contribution in [1.82, 2.24) is 4.90 Å². The summed E-state index contributed by atoms with van der Waals surface area (Å²) in [4.78, 5) is 14.2. The molecule has 114 valence electrons. The normalized spacial score (nSPS) is 17.0. The summed E-state index contributed by atoms with van der Waals surface area (Å²) >= 11 is 5.11. The van der Waals surface area contributed by atoms with E-state index in [4.69, 9.17) is 23.7 Å². The number of hydrogen-bond acceptors (Lipinski definition) is 3. The van der Waals surface area contributed by atoms with E-state index in [1.54, 1.807) is 0 Å². The van der Waals surface area contributed by atoms with E-state index in [1.807, 2.05) is 18.2 Å². The first-order valence-electron chi connectivity index (χ1n) is 7.45. The van der Waals surface area contributed by atoms with Crippen LogP contribution in [0.25, 0.3) is 0 Å². The van der Waals surface area contributed by atoms with E-state index in [-0.39, 0.29) is 18.5 Å². The minimum Gasteiger partial charge on any atom is -0.393 e. The number of benzene rings is 1. The quantitative estimate of drug-likeness (QED) is 0.757. The monoisotopic (exact) mass is 305 g/mol. The second kappa shape index (κ2) is 7.52. The van der Waals surface area contributed by atoms with Crippen LogP contribution in [-0.2, 0) is 4.79 Å². The number of primary amides is 1. The molecule has 2 rings (SSSR count). The van der Waals surface area contributed by atoms with Gasteiger partial charge in [-0.05, 0) is 18.4 Å². The molecule has 1 aromatic carbocycles. The van der Waals surface area contributed by atoms with E-state index in [0.717, 1.165) is 18.4 Å². The molecule has 1 fully saturated rings. The molecule has 1 aliphatic rings. The summed E-state index contributed by atoms with van der Waals surface area (Å²) in [6.45, 7) is 0.257. The molecule has 0 aromatic heterocycles. The highest BCUT2D eigenvalue weighted by molar-refractivity contribution is 7.80. The predicted octanol–water partition coefficient (Wildman–Crippen LogP) is 2.13. The lowest BCUT2D eigenvalue weighted by molar-refractivity contribution is -0.120. The van der Waals surface area contributed by atoms with Crippen molar-refractivity contribution in [2.24, 2.45) is 11.5 Å². The van der Waals surface area contributed by atoms with Gasteiger partial charge in [-0.2, -0.15) is 0 Å². The lowest BCUT2D eigenvalue weighted by Crippen LogP contribution is -2.43. The molecule has 0 aliphatic heterocycles. The molecule has 1 atom stereocenters. The van der Waals surface area contributed by atoms with Crippen molar-refractivity contribution in [3.05, 3.63) is 35.9 Å². The number of carbonyl (C=O) groups excluding carboxylic acids is 1. The van der Waals surface area contributed by atoms with Crippen LogP contribution in [0.3, 0.4) is 0 Å². The van der Waals surface area contributed by atoms with Crippen LogP contribution in [-0.4, -0.2) is 28.4 Å². The van der Waals surface area contributed by atoms with E-state index >= 15 is 0 Å². The zero-order valence-electron chi connectivity index (χ0n) is 12.2. The van der Waals surface area contributed by atoms with Crippen LogP contribution in [0.1, 0.15) is 43.7 Å². The minimum absolute atomic E-state index is 0.0271. The molecule has 0 spiro atoms. The van der Waals surface area contributed by atoms with Gasteiger partial charge in [-0.1, -0.05) is 55.4 Å². The molecule has 0 heterocycles. The molecule has 0 saturated heterocycles. The second-order valence-electron chi connectivity index (χ2n) is 5.67. The molecule has 1 amide bonds. The van der Waals surface area contributed by atoms with Gasteiger partial charge < -0.3 is 11.5 Å². The van der Waals surface area contributed by atoms with Crippen LogP contribution in [0, 0.1) is 0 Å². The van der Waals surface area contributed by atoms with Crippen molar-refractivity contribution in [2.75, 3.05) is 6.54 Å². The standard InChI is InChI=1S/C16H23N3OS/c17-15(20)11-19(13-8-4-5-9-13)14(10-16(18)21)12-6-2-1-3-7-12/h1-3,6-7,13-14H,4-5,8-11H2,(H2,17,20)(H2,18,21). The predicted molar refractivity (Wildman–Crippen MR) is 88.7 cm³/mol. The zero-order chi connectivity index (χ0) is 15.2. The molecule has 4 N–H and O–H groups in total. The van der Waals surface area contributed by atoms with Gasteiger partial charge >= 0.3 is 0 Å². The van der Waals surface area contributed by atoms with Gasteiger partial charge in [-0.3, -0.25) is 9.69 Å². The summed E-state index contributed by atoms with van der Waals surface area (Å²) in [7, 11) is 0. The fraction of sp³-hybridized carbons (Fsp3) is 0.500. The lowest BCUT2D eigenvalue weighted by atomic mass is 9.99. The second-order valence-corrected chi connectivity index (χ2v) is 6.20. The van der Waals surface area contributed by atoms with Crippen molar-refractivity contribution < 1.29 is 4.79 Å². The fourth-order valence-corrected chi connectivity index (χ4v) is 3.36. The largest absolute Gasteiger partial charge is 0.393 e. The van der Waals surface area contributed by atoms with Gasteiger partial charge in [0.25, 0.3) is 0 Å². The van der Waals surface area contributed by atoms with Gasteiger partial charge in [-0.25, -0.2) is 0 Å². The summed E-state index contributed by atoms with van der Waals surface area (Å²) in [5.41, 5.74) is 12.4. The Labute approximate surface area is 131 Å². The Morgan fingerprint density at radius 1 is 1.24 bits per heavy atom. The maximum absolute atomic E-state index is 11.5. The first kappa shape index (κ1) is 15.9. The molecular weight excluding hydrogens is 282 g/mol. The molecular formula is C16H23N3OS. The summed E-state index contributed by atoms with van der Waals surface area (Å²) in [5.74, 6) is -0.300. The molecule has 5 heteroatoms. The number of carbonyl (C=O) groups is 1. The van der Waals surface area contributed by atoms with Crippen molar-refractivity contribution in [1.29, 1.82) is 0 Å². The first-order valence-corrected chi connectivity index (χ1v) is 7.86. The maximum atomic E-state index is 11.5. The van der Waals surface area contributed by atoms with Crippen LogP contribution in [0.2, 0.25) is 0 Å². The third kappa shape index (κ3) is 4.51. The number of rotatable bonds is 7. The Morgan fingerprint density at radius 3 is 2.38 bits per heavy atom. The Kier molecular flexibility index (Phi) is 5.70. The third-order valence-corrected chi connectivity index (χ3v) is 4.28. The van der Waals surface area contributed by atoms with Crippen LogP contribution >= 0.6 is 12.2 Å². The summed E-state index contributed by atoms with van der Waals surface area (Å²) in [6.07, 6.45) is 5.19. The maximum Gasteiger partial charge on any atom is 0.231 e. The van der Waals surface area contributed by atoms with Crippen molar-refractivity contribution in [3.63, 3.8) is 0 Å². The average molecular weight is 305 g/mol. The number of thiocarbonyl (C=S) groups is 1. The number of nitrogens with zero attached hydrogens (tertiary/aromatic N) is 1. The Hall–Kier alpha value is -1.46. The van der Waals surface area contributed by atoms with Crippen molar-refractivity contribution in [3.8, 4) is 0 Å². The first-order chi connectivity index (χ1) is 10.1. The van der Waals surface area contributed by atoms with Crippen LogP contribution in [0.5, 0.6) is 0 Å². The Bertz CT molecular complexity index is 486. The fourth-order valence-electron chi connectivity index (χ4n) is 3.20. The van der Waals surface area contributed by atoms with Crippen LogP contribution in [0.4, 0.5) is 0 Å². The minimum atomic E-state index is -0.300. The van der Waals surface area contributed by atoms with Gasteiger partial charge in [-0.15, -0.1) is 0 Å². The van der Waals surface area contributed by atoms with Gasteiger partial charge in [0.15, 0.2) is 0 Å². The topological polar surface area (TPSA) is 72.4 Å². The smallest absolute Gasteiger partial charge is 0.231 e. The third-order valence-electron chi connectivity index (χ3n) is 4.11. The lowest BCUT2D eigenvalue weighted by Gasteiger charge is -2.36. The van der Waals surface area contributed by atoms with E-state index in [1.165, 1.54) is 12.8 Å². The zero-order valence-corrected chi connectivity index (χ0v) is 13.0. The summed E-state index contributed by atoms with van der Waals surface area (Å²) < 4.78 is 0. The molecule has 0 bridgehead atoms. The SMILES string of the molecule is NC(=O)CN(C1CCCC1)C(CC(N)=S)c1ccccc1. The highest BCUT2D eigenvalue weighted by Crippen LogP contribution is 2.32. The van der Waals surface area contributed by atoms with E-state index in [2.05, 4.69) is 17.0 Å². The summed E-state index contributed by atoms with van der Waals surface area (Å²) in [6, 6.07) is 10.5. The molecule has 21 heavy (non-hydrogen) atoms. The van der Waals surface area contributed by atoms with Crippen molar-refractivity contribution >= 4 is 23.1 Å². The molecule has 1 saturated carbocycles. The molecule has 1 unspecified atom stereocenters. The number of nitrogens with two attached hydrogens (primary N) is 2. The van der Waals surface area contributed by atoms with E-state index in [0.29, 0.717) is 17.5 Å². The van der Waals surface area contributed by atoms with Gasteiger partial charge in [0, 0.05) is 18.5 Å². The summed E-state index contributed by atoms with van der Waals surface area (Å²) in [5, 5.41) is 0. The Morgan fingerprint density at radius 2 is 1.86 bits per heavy atom. The number of amides is 1. The molecule has 4 nitrogen and oxygen atoms in total.